The number of rotatable bonds is 3. The standard InChI is InChI=1S/C10H12F3N3/c1-16(6-10(11,12)13)8-4-2-3-7(5-8)9(14)15/h2-5H,6H2,1H3,(H3,14,15). The second-order valence-corrected chi connectivity index (χ2v) is 3.44. The number of alkyl halides is 3. The van der Waals surface area contributed by atoms with Crippen molar-refractivity contribution in [3.63, 3.8) is 0 Å². The summed E-state index contributed by atoms with van der Waals surface area (Å²) in [6.45, 7) is -1.03. The van der Waals surface area contributed by atoms with Crippen molar-refractivity contribution in [2.75, 3.05) is 18.5 Å². The quantitative estimate of drug-likeness (QED) is 0.617. The zero-order valence-corrected chi connectivity index (χ0v) is 8.67. The summed E-state index contributed by atoms with van der Waals surface area (Å²) in [4.78, 5) is 1.06. The monoisotopic (exact) mass is 231 g/mol. The van der Waals surface area contributed by atoms with E-state index in [1.807, 2.05) is 0 Å². The van der Waals surface area contributed by atoms with E-state index in [0.29, 0.717) is 11.3 Å². The maximum atomic E-state index is 12.1. The molecule has 6 heteroatoms. The molecule has 16 heavy (non-hydrogen) atoms. The fourth-order valence-electron chi connectivity index (χ4n) is 1.27. The molecule has 3 N–H and O–H groups in total. The van der Waals surface area contributed by atoms with E-state index in [1.165, 1.54) is 19.2 Å². The lowest BCUT2D eigenvalue weighted by Gasteiger charge is -2.21. The van der Waals surface area contributed by atoms with E-state index in [0.717, 1.165) is 4.90 Å². The first-order chi connectivity index (χ1) is 7.29. The number of hydrogen-bond donors (Lipinski definition) is 2. The number of amidine groups is 1. The number of hydrogen-bond acceptors (Lipinski definition) is 2. The number of nitrogen functional groups attached to an aromatic ring is 1. The third-order valence-corrected chi connectivity index (χ3v) is 2.01. The molecule has 0 aliphatic carbocycles. The molecule has 0 unspecified atom stereocenters. The Hall–Kier alpha value is -1.72. The molecule has 1 rings (SSSR count). The molecular formula is C10H12F3N3. The smallest absolute Gasteiger partial charge is 0.384 e. The lowest BCUT2D eigenvalue weighted by atomic mass is 10.2. The molecule has 0 saturated carbocycles. The zero-order chi connectivity index (χ0) is 12.3. The van der Waals surface area contributed by atoms with Crippen LogP contribution < -0.4 is 10.6 Å². The molecule has 3 nitrogen and oxygen atoms in total. The highest BCUT2D eigenvalue weighted by molar-refractivity contribution is 5.95. The summed E-state index contributed by atoms with van der Waals surface area (Å²) >= 11 is 0. The Bertz CT molecular complexity index is 387. The van der Waals surface area contributed by atoms with Gasteiger partial charge in [0.15, 0.2) is 0 Å². The molecule has 0 heterocycles. The summed E-state index contributed by atoms with van der Waals surface area (Å²) in [5.74, 6) is -0.165. The number of halogens is 3. The predicted molar refractivity (Wildman–Crippen MR) is 56.8 cm³/mol. The molecule has 0 fully saturated rings. The fraction of sp³-hybridized carbons (Fsp3) is 0.300. The number of nitrogens with two attached hydrogens (primary N) is 1. The molecule has 0 radical (unpaired) electrons. The largest absolute Gasteiger partial charge is 0.405 e. The maximum Gasteiger partial charge on any atom is 0.405 e. The van der Waals surface area contributed by atoms with Gasteiger partial charge in [0.1, 0.15) is 12.4 Å². The first-order valence-electron chi connectivity index (χ1n) is 4.52. The number of nitrogens with one attached hydrogen (secondary N) is 1. The lowest BCUT2D eigenvalue weighted by Crippen LogP contribution is -2.31. The predicted octanol–water partition coefficient (Wildman–Crippen LogP) is 1.97. The Morgan fingerprint density at radius 1 is 1.44 bits per heavy atom. The average molecular weight is 231 g/mol. The Balaban J connectivity index is 2.87. The van der Waals surface area contributed by atoms with E-state index in [4.69, 9.17) is 11.1 Å². The van der Waals surface area contributed by atoms with Crippen molar-refractivity contribution in [3.8, 4) is 0 Å². The van der Waals surface area contributed by atoms with Crippen molar-refractivity contribution >= 4 is 11.5 Å². The zero-order valence-electron chi connectivity index (χ0n) is 8.67. The summed E-state index contributed by atoms with van der Waals surface area (Å²) in [7, 11) is 1.34. The highest BCUT2D eigenvalue weighted by Gasteiger charge is 2.29. The van der Waals surface area contributed by atoms with E-state index in [2.05, 4.69) is 0 Å². The average Bonchev–Trinajstić information content (AvgIpc) is 2.15. The van der Waals surface area contributed by atoms with Crippen LogP contribution in [0.5, 0.6) is 0 Å². The Labute approximate surface area is 91.2 Å². The minimum absolute atomic E-state index is 0.165. The van der Waals surface area contributed by atoms with E-state index >= 15 is 0 Å². The van der Waals surface area contributed by atoms with Gasteiger partial charge < -0.3 is 10.6 Å². The van der Waals surface area contributed by atoms with Crippen LogP contribution in [0, 0.1) is 5.41 Å². The SMILES string of the molecule is CN(CC(F)(F)F)c1cccc(C(=N)N)c1. The number of benzene rings is 1. The normalized spacial score (nSPS) is 11.2. The van der Waals surface area contributed by atoms with Gasteiger partial charge in [-0.1, -0.05) is 12.1 Å². The summed E-state index contributed by atoms with van der Waals surface area (Å²) < 4.78 is 36.4. The van der Waals surface area contributed by atoms with Crippen molar-refractivity contribution in [1.82, 2.24) is 0 Å². The molecule has 0 atom stereocenters. The summed E-state index contributed by atoms with van der Waals surface area (Å²) in [6, 6.07) is 6.14. The molecule has 0 amide bonds. The van der Waals surface area contributed by atoms with Gasteiger partial charge in [-0.3, -0.25) is 5.41 Å². The van der Waals surface area contributed by atoms with Crippen molar-refractivity contribution in [1.29, 1.82) is 5.41 Å². The molecule has 0 aromatic heterocycles. The van der Waals surface area contributed by atoms with Gasteiger partial charge in [-0.2, -0.15) is 13.2 Å². The van der Waals surface area contributed by atoms with Gasteiger partial charge in [0, 0.05) is 18.3 Å². The van der Waals surface area contributed by atoms with Crippen LogP contribution in [0.1, 0.15) is 5.56 Å². The Morgan fingerprint density at radius 3 is 2.56 bits per heavy atom. The fourth-order valence-corrected chi connectivity index (χ4v) is 1.27. The number of nitrogens with zero attached hydrogens (tertiary/aromatic N) is 1. The molecule has 1 aromatic rings. The Morgan fingerprint density at radius 2 is 2.06 bits per heavy atom. The van der Waals surface area contributed by atoms with Crippen LogP contribution in [0.25, 0.3) is 0 Å². The van der Waals surface area contributed by atoms with Crippen molar-refractivity contribution in [2.24, 2.45) is 5.73 Å². The highest BCUT2D eigenvalue weighted by atomic mass is 19.4. The van der Waals surface area contributed by atoms with Gasteiger partial charge in [-0.05, 0) is 12.1 Å². The van der Waals surface area contributed by atoms with E-state index in [9.17, 15) is 13.2 Å². The van der Waals surface area contributed by atoms with Gasteiger partial charge >= 0.3 is 6.18 Å². The maximum absolute atomic E-state index is 12.1. The van der Waals surface area contributed by atoms with Gasteiger partial charge in [0.25, 0.3) is 0 Å². The summed E-state index contributed by atoms with van der Waals surface area (Å²) in [5, 5.41) is 7.19. The van der Waals surface area contributed by atoms with Crippen LogP contribution >= 0.6 is 0 Å². The minimum Gasteiger partial charge on any atom is -0.384 e. The second-order valence-electron chi connectivity index (χ2n) is 3.44. The summed E-state index contributed by atoms with van der Waals surface area (Å²) in [5.41, 5.74) is 6.04. The lowest BCUT2D eigenvalue weighted by molar-refractivity contribution is -0.119. The van der Waals surface area contributed by atoms with Gasteiger partial charge in [-0.15, -0.1) is 0 Å². The van der Waals surface area contributed by atoms with Crippen molar-refractivity contribution in [3.05, 3.63) is 29.8 Å². The molecule has 88 valence electrons. The Kier molecular flexibility index (Phi) is 3.41. The third kappa shape index (κ3) is 3.45. The van der Waals surface area contributed by atoms with Crippen LogP contribution in [-0.4, -0.2) is 25.6 Å². The van der Waals surface area contributed by atoms with E-state index in [-0.39, 0.29) is 5.84 Å². The number of anilines is 1. The molecule has 0 bridgehead atoms. The second kappa shape index (κ2) is 4.42. The molecule has 0 spiro atoms. The molecular weight excluding hydrogens is 219 g/mol. The molecule has 0 aliphatic rings. The van der Waals surface area contributed by atoms with Crippen LogP contribution in [0.4, 0.5) is 18.9 Å². The van der Waals surface area contributed by atoms with E-state index in [1.54, 1.807) is 12.1 Å². The van der Waals surface area contributed by atoms with Gasteiger partial charge in [0.05, 0.1) is 0 Å². The van der Waals surface area contributed by atoms with Crippen LogP contribution in [-0.2, 0) is 0 Å². The van der Waals surface area contributed by atoms with Crippen molar-refractivity contribution in [2.45, 2.75) is 6.18 Å². The van der Waals surface area contributed by atoms with Crippen LogP contribution in [0.15, 0.2) is 24.3 Å². The van der Waals surface area contributed by atoms with Gasteiger partial charge in [-0.25, -0.2) is 0 Å². The third-order valence-electron chi connectivity index (χ3n) is 2.01. The van der Waals surface area contributed by atoms with Gasteiger partial charge in [0.2, 0.25) is 0 Å². The van der Waals surface area contributed by atoms with E-state index < -0.39 is 12.7 Å². The molecule has 0 saturated heterocycles. The summed E-state index contributed by atoms with van der Waals surface area (Å²) in [6.07, 6.45) is -4.25. The molecule has 1 aromatic carbocycles. The molecule has 0 aliphatic heterocycles. The highest BCUT2D eigenvalue weighted by Crippen LogP contribution is 2.21. The van der Waals surface area contributed by atoms with Crippen molar-refractivity contribution < 1.29 is 13.2 Å². The topological polar surface area (TPSA) is 53.1 Å². The van der Waals surface area contributed by atoms with Crippen LogP contribution in [0.2, 0.25) is 0 Å². The van der Waals surface area contributed by atoms with Crippen LogP contribution in [0.3, 0.4) is 0 Å². The first kappa shape index (κ1) is 12.4. The minimum atomic E-state index is -4.25. The first-order valence-corrected chi connectivity index (χ1v) is 4.52.